The van der Waals surface area contributed by atoms with E-state index < -0.39 is 0 Å². The van der Waals surface area contributed by atoms with Crippen molar-refractivity contribution in [3.63, 3.8) is 0 Å². The number of anilines is 1. The Morgan fingerprint density at radius 1 is 1.18 bits per heavy atom. The van der Waals surface area contributed by atoms with Gasteiger partial charge in [-0.3, -0.25) is 4.79 Å². The number of nitrogens with one attached hydrogen (secondary N) is 1. The van der Waals surface area contributed by atoms with E-state index in [0.717, 1.165) is 10.8 Å². The number of benzene rings is 2. The SMILES string of the molecule is COc1ccc(Cl)cc1NC(=O)Cc1csc(COc2ccc(C)c(C)c2)n1. The predicted molar refractivity (Wildman–Crippen MR) is 113 cm³/mol. The molecule has 0 bridgehead atoms. The molecule has 0 saturated heterocycles. The highest BCUT2D eigenvalue weighted by Gasteiger charge is 2.12. The number of thiazole rings is 1. The summed E-state index contributed by atoms with van der Waals surface area (Å²) in [5.41, 5.74) is 3.65. The highest BCUT2D eigenvalue weighted by molar-refractivity contribution is 7.09. The molecule has 5 nitrogen and oxygen atoms in total. The summed E-state index contributed by atoms with van der Waals surface area (Å²) in [6.07, 6.45) is 0.163. The first-order valence-corrected chi connectivity index (χ1v) is 9.97. The van der Waals surface area contributed by atoms with Gasteiger partial charge >= 0.3 is 0 Å². The van der Waals surface area contributed by atoms with Crippen LogP contribution in [0.25, 0.3) is 0 Å². The lowest BCUT2D eigenvalue weighted by Gasteiger charge is -2.10. The average Bonchev–Trinajstić information content (AvgIpc) is 3.10. The van der Waals surface area contributed by atoms with E-state index in [1.54, 1.807) is 25.3 Å². The number of carbonyl (C=O) groups excluding carboxylic acids is 1. The Kier molecular flexibility index (Phi) is 6.54. The number of ether oxygens (including phenoxy) is 2. The molecule has 1 amide bonds. The van der Waals surface area contributed by atoms with Crippen molar-refractivity contribution in [1.29, 1.82) is 0 Å². The molecule has 7 heteroatoms. The minimum absolute atomic E-state index is 0.163. The lowest BCUT2D eigenvalue weighted by Crippen LogP contribution is -2.15. The molecule has 0 aliphatic rings. The maximum absolute atomic E-state index is 12.3. The third-order valence-electron chi connectivity index (χ3n) is 4.22. The lowest BCUT2D eigenvalue weighted by molar-refractivity contribution is -0.115. The largest absolute Gasteiger partial charge is 0.495 e. The molecule has 2 aromatic carbocycles. The van der Waals surface area contributed by atoms with Gasteiger partial charge in [0.2, 0.25) is 5.91 Å². The number of aryl methyl sites for hydroxylation is 2. The van der Waals surface area contributed by atoms with Gasteiger partial charge in [0.1, 0.15) is 23.1 Å². The number of rotatable bonds is 7. The van der Waals surface area contributed by atoms with Gasteiger partial charge in [0.05, 0.1) is 24.9 Å². The highest BCUT2D eigenvalue weighted by Crippen LogP contribution is 2.28. The van der Waals surface area contributed by atoms with Gasteiger partial charge in [-0.1, -0.05) is 17.7 Å². The molecule has 1 N–H and O–H groups in total. The standard InChI is InChI=1S/C21H21ClN2O3S/c1-13-4-6-17(8-14(13)2)27-11-21-23-16(12-28-21)10-20(25)24-18-9-15(22)5-7-19(18)26-3/h4-9,12H,10-11H2,1-3H3,(H,24,25). The molecule has 28 heavy (non-hydrogen) atoms. The fourth-order valence-electron chi connectivity index (χ4n) is 2.58. The topological polar surface area (TPSA) is 60.5 Å². The van der Waals surface area contributed by atoms with E-state index in [0.29, 0.717) is 28.8 Å². The van der Waals surface area contributed by atoms with E-state index in [1.807, 2.05) is 23.6 Å². The third-order valence-corrected chi connectivity index (χ3v) is 5.32. The van der Waals surface area contributed by atoms with Crippen LogP contribution in [0.5, 0.6) is 11.5 Å². The Morgan fingerprint density at radius 3 is 2.75 bits per heavy atom. The van der Waals surface area contributed by atoms with Crippen LogP contribution in [0.1, 0.15) is 21.8 Å². The number of methoxy groups -OCH3 is 1. The van der Waals surface area contributed by atoms with Crippen LogP contribution < -0.4 is 14.8 Å². The number of nitrogens with zero attached hydrogens (tertiary/aromatic N) is 1. The van der Waals surface area contributed by atoms with E-state index in [1.165, 1.54) is 22.5 Å². The van der Waals surface area contributed by atoms with Gasteiger partial charge in [-0.25, -0.2) is 4.98 Å². The summed E-state index contributed by atoms with van der Waals surface area (Å²) in [6, 6.07) is 11.1. The fourth-order valence-corrected chi connectivity index (χ4v) is 3.46. The van der Waals surface area contributed by atoms with Crippen molar-refractivity contribution < 1.29 is 14.3 Å². The molecule has 3 aromatic rings. The van der Waals surface area contributed by atoms with Crippen molar-refractivity contribution in [3.8, 4) is 11.5 Å². The molecule has 1 heterocycles. The van der Waals surface area contributed by atoms with E-state index >= 15 is 0 Å². The van der Waals surface area contributed by atoms with Crippen molar-refractivity contribution in [2.75, 3.05) is 12.4 Å². The second kappa shape index (κ2) is 9.08. The molecule has 0 unspecified atom stereocenters. The van der Waals surface area contributed by atoms with E-state index in [2.05, 4.69) is 24.1 Å². The predicted octanol–water partition coefficient (Wildman–Crippen LogP) is 5.18. The van der Waals surface area contributed by atoms with Crippen LogP contribution in [-0.4, -0.2) is 18.0 Å². The van der Waals surface area contributed by atoms with E-state index in [4.69, 9.17) is 21.1 Å². The minimum Gasteiger partial charge on any atom is -0.495 e. The molecule has 0 spiro atoms. The molecular formula is C21H21ClN2O3S. The first-order valence-electron chi connectivity index (χ1n) is 8.71. The summed E-state index contributed by atoms with van der Waals surface area (Å²) >= 11 is 7.47. The van der Waals surface area contributed by atoms with Crippen LogP contribution in [0.4, 0.5) is 5.69 Å². The first-order chi connectivity index (χ1) is 13.4. The molecule has 0 fully saturated rings. The van der Waals surface area contributed by atoms with Gasteiger partial charge in [-0.05, 0) is 55.3 Å². The second-order valence-corrected chi connectivity index (χ2v) is 7.72. The Labute approximate surface area is 173 Å². The van der Waals surface area contributed by atoms with Crippen LogP contribution in [0.2, 0.25) is 5.02 Å². The van der Waals surface area contributed by atoms with Crippen LogP contribution in [0, 0.1) is 13.8 Å². The Balaban J connectivity index is 1.57. The van der Waals surface area contributed by atoms with Gasteiger partial charge in [-0.15, -0.1) is 11.3 Å². The van der Waals surface area contributed by atoms with Crippen molar-refractivity contribution in [1.82, 2.24) is 4.98 Å². The molecular weight excluding hydrogens is 396 g/mol. The zero-order valence-corrected chi connectivity index (χ0v) is 17.5. The van der Waals surface area contributed by atoms with Crippen molar-refractivity contribution in [3.05, 3.63) is 68.6 Å². The van der Waals surface area contributed by atoms with Crippen LogP contribution in [0.3, 0.4) is 0 Å². The van der Waals surface area contributed by atoms with Crippen molar-refractivity contribution in [2.45, 2.75) is 26.9 Å². The van der Waals surface area contributed by atoms with Crippen LogP contribution in [0.15, 0.2) is 41.8 Å². The Bertz CT molecular complexity index is 988. The first kappa shape index (κ1) is 20.2. The highest BCUT2D eigenvalue weighted by atomic mass is 35.5. The Morgan fingerprint density at radius 2 is 2.00 bits per heavy atom. The van der Waals surface area contributed by atoms with E-state index in [-0.39, 0.29) is 12.3 Å². The average molecular weight is 417 g/mol. The number of aromatic nitrogens is 1. The summed E-state index contributed by atoms with van der Waals surface area (Å²) < 4.78 is 11.0. The number of hydrogen-bond acceptors (Lipinski definition) is 5. The molecule has 0 saturated carbocycles. The molecule has 146 valence electrons. The van der Waals surface area contributed by atoms with Crippen LogP contribution in [-0.2, 0) is 17.8 Å². The van der Waals surface area contributed by atoms with Gasteiger partial charge in [0.15, 0.2) is 0 Å². The number of halogens is 1. The molecule has 1 aromatic heterocycles. The van der Waals surface area contributed by atoms with Crippen molar-refractivity contribution in [2.24, 2.45) is 0 Å². The van der Waals surface area contributed by atoms with Gasteiger partial charge in [0.25, 0.3) is 0 Å². The zero-order chi connectivity index (χ0) is 20.1. The number of carbonyl (C=O) groups is 1. The van der Waals surface area contributed by atoms with Crippen molar-refractivity contribution >= 4 is 34.5 Å². The monoisotopic (exact) mass is 416 g/mol. The van der Waals surface area contributed by atoms with Gasteiger partial charge < -0.3 is 14.8 Å². The van der Waals surface area contributed by atoms with Gasteiger partial charge in [0, 0.05) is 10.4 Å². The fraction of sp³-hybridized carbons (Fsp3) is 0.238. The quantitative estimate of drug-likeness (QED) is 0.576. The summed E-state index contributed by atoms with van der Waals surface area (Å²) in [6.45, 7) is 4.49. The minimum atomic E-state index is -0.188. The normalized spacial score (nSPS) is 10.6. The summed E-state index contributed by atoms with van der Waals surface area (Å²) in [5.74, 6) is 1.18. The van der Waals surface area contributed by atoms with Crippen LogP contribution >= 0.6 is 22.9 Å². The molecule has 0 aliphatic carbocycles. The summed E-state index contributed by atoms with van der Waals surface area (Å²) in [7, 11) is 1.54. The maximum Gasteiger partial charge on any atom is 0.230 e. The molecule has 0 atom stereocenters. The van der Waals surface area contributed by atoms with Gasteiger partial charge in [-0.2, -0.15) is 0 Å². The molecule has 0 aliphatic heterocycles. The smallest absolute Gasteiger partial charge is 0.230 e. The molecule has 0 radical (unpaired) electrons. The number of hydrogen-bond donors (Lipinski definition) is 1. The maximum atomic E-state index is 12.3. The lowest BCUT2D eigenvalue weighted by atomic mass is 10.1. The zero-order valence-electron chi connectivity index (χ0n) is 15.9. The Hall–Kier alpha value is -2.57. The van der Waals surface area contributed by atoms with E-state index in [9.17, 15) is 4.79 Å². The third kappa shape index (κ3) is 5.24. The number of amides is 1. The molecule has 3 rings (SSSR count). The summed E-state index contributed by atoms with van der Waals surface area (Å²) in [5, 5.41) is 6.03. The summed E-state index contributed by atoms with van der Waals surface area (Å²) in [4.78, 5) is 16.8. The second-order valence-electron chi connectivity index (χ2n) is 6.34.